The predicted molar refractivity (Wildman–Crippen MR) is 105 cm³/mol. The number of benzene rings is 1. The highest BCUT2D eigenvalue weighted by Gasteiger charge is 2.29. The molecule has 0 spiro atoms. The fourth-order valence-electron chi connectivity index (χ4n) is 3.55. The fraction of sp³-hybridized carbons (Fsp3) is 0.579. The Bertz CT molecular complexity index is 670. The van der Waals surface area contributed by atoms with E-state index in [4.69, 9.17) is 15.2 Å². The lowest BCUT2D eigenvalue weighted by Crippen LogP contribution is -2.43. The van der Waals surface area contributed by atoms with Crippen molar-refractivity contribution in [2.75, 3.05) is 31.6 Å². The molecule has 2 atom stereocenters. The number of nitrogens with zero attached hydrogens (tertiary/aromatic N) is 1. The first-order valence-electron chi connectivity index (χ1n) is 9.30. The number of fused-ring (bicyclic) bond motifs is 1. The number of likely N-dealkylation sites (N-methyl/N-ethyl adjacent to an activating group) is 1. The number of halogens is 1. The Balaban J connectivity index is 0.00000261. The molecule has 2 aliphatic rings. The molecule has 1 fully saturated rings. The molecule has 1 aromatic carbocycles. The molecule has 2 unspecified atom stereocenters. The third-order valence-electron chi connectivity index (χ3n) is 4.92. The van der Waals surface area contributed by atoms with Gasteiger partial charge in [-0.25, -0.2) is 0 Å². The summed E-state index contributed by atoms with van der Waals surface area (Å²) in [5, 5.41) is 2.83. The molecule has 2 amide bonds. The average Bonchev–Trinajstić information content (AvgIpc) is 2.65. The fourth-order valence-corrected chi connectivity index (χ4v) is 3.55. The first-order chi connectivity index (χ1) is 12.6. The van der Waals surface area contributed by atoms with E-state index in [-0.39, 0.29) is 42.7 Å². The lowest BCUT2D eigenvalue weighted by Gasteiger charge is -2.30. The number of anilines is 1. The van der Waals surface area contributed by atoms with Gasteiger partial charge in [-0.3, -0.25) is 9.59 Å². The zero-order chi connectivity index (χ0) is 18.5. The van der Waals surface area contributed by atoms with Gasteiger partial charge in [0.15, 0.2) is 11.5 Å². The maximum atomic E-state index is 12.7. The normalized spacial score (nSPS) is 21.0. The molecule has 1 aromatic rings. The van der Waals surface area contributed by atoms with Crippen LogP contribution in [0.4, 0.5) is 5.69 Å². The maximum Gasteiger partial charge on any atom is 0.243 e. The number of ether oxygens (including phenoxy) is 2. The van der Waals surface area contributed by atoms with Crippen LogP contribution in [0.2, 0.25) is 0 Å². The highest BCUT2D eigenvalue weighted by Crippen LogP contribution is 2.32. The van der Waals surface area contributed by atoms with Crippen molar-refractivity contribution in [1.82, 2.24) is 4.90 Å². The molecule has 1 heterocycles. The van der Waals surface area contributed by atoms with E-state index < -0.39 is 0 Å². The lowest BCUT2D eigenvalue weighted by atomic mass is 9.85. The van der Waals surface area contributed by atoms with Crippen LogP contribution in [-0.2, 0) is 9.59 Å². The second-order valence-corrected chi connectivity index (χ2v) is 6.88. The molecule has 3 rings (SSSR count). The van der Waals surface area contributed by atoms with E-state index in [2.05, 4.69) is 5.32 Å². The Morgan fingerprint density at radius 3 is 2.67 bits per heavy atom. The van der Waals surface area contributed by atoms with Crippen molar-refractivity contribution >= 4 is 29.9 Å². The molecule has 150 valence electrons. The molecule has 3 N–H and O–H groups in total. The van der Waals surface area contributed by atoms with Gasteiger partial charge < -0.3 is 25.4 Å². The minimum absolute atomic E-state index is 0. The topological polar surface area (TPSA) is 93.9 Å². The Morgan fingerprint density at radius 1 is 1.22 bits per heavy atom. The molecule has 1 aliphatic heterocycles. The third kappa shape index (κ3) is 5.49. The molecular formula is C19H28ClN3O4. The van der Waals surface area contributed by atoms with Crippen LogP contribution in [0.15, 0.2) is 18.2 Å². The Morgan fingerprint density at radius 2 is 1.96 bits per heavy atom. The van der Waals surface area contributed by atoms with Crippen molar-refractivity contribution in [2.24, 2.45) is 11.7 Å². The summed E-state index contributed by atoms with van der Waals surface area (Å²) < 4.78 is 11.0. The molecule has 1 aliphatic carbocycles. The zero-order valence-electron chi connectivity index (χ0n) is 15.6. The standard InChI is InChI=1S/C19H27N3O4.ClH/c1-2-22(19(24)13-4-3-5-14(20)10-13)12-18(23)21-15-6-7-16-17(11-15)26-9-8-25-16;/h6-7,11,13-14H,2-5,8-10,12,20H2,1H3,(H,21,23);1H. The van der Waals surface area contributed by atoms with E-state index in [9.17, 15) is 9.59 Å². The highest BCUT2D eigenvalue weighted by atomic mass is 35.5. The second kappa shape index (κ2) is 9.80. The Kier molecular flexibility index (Phi) is 7.74. The summed E-state index contributed by atoms with van der Waals surface area (Å²) >= 11 is 0. The number of hydrogen-bond acceptors (Lipinski definition) is 5. The molecule has 0 bridgehead atoms. The van der Waals surface area contributed by atoms with E-state index in [1.165, 1.54) is 0 Å². The van der Waals surface area contributed by atoms with Crippen molar-refractivity contribution in [3.8, 4) is 11.5 Å². The van der Waals surface area contributed by atoms with E-state index in [1.54, 1.807) is 23.1 Å². The molecule has 0 radical (unpaired) electrons. The minimum Gasteiger partial charge on any atom is -0.486 e. The van der Waals surface area contributed by atoms with E-state index in [1.807, 2.05) is 6.92 Å². The van der Waals surface area contributed by atoms with Gasteiger partial charge in [-0.15, -0.1) is 12.4 Å². The number of rotatable bonds is 5. The largest absolute Gasteiger partial charge is 0.486 e. The Hall–Kier alpha value is -1.99. The van der Waals surface area contributed by atoms with Gasteiger partial charge in [-0.2, -0.15) is 0 Å². The zero-order valence-corrected chi connectivity index (χ0v) is 16.4. The summed E-state index contributed by atoms with van der Waals surface area (Å²) in [5.74, 6) is 1.03. The first kappa shape index (κ1) is 21.3. The molecule has 0 saturated heterocycles. The summed E-state index contributed by atoms with van der Waals surface area (Å²) in [4.78, 5) is 26.7. The van der Waals surface area contributed by atoms with Gasteiger partial charge in [0.2, 0.25) is 11.8 Å². The lowest BCUT2D eigenvalue weighted by molar-refractivity contribution is -0.139. The summed E-state index contributed by atoms with van der Waals surface area (Å²) in [6.45, 7) is 3.44. The summed E-state index contributed by atoms with van der Waals surface area (Å²) in [5.41, 5.74) is 6.62. The van der Waals surface area contributed by atoms with Crippen molar-refractivity contribution in [3.63, 3.8) is 0 Å². The van der Waals surface area contributed by atoms with Gasteiger partial charge in [-0.1, -0.05) is 6.42 Å². The molecule has 1 saturated carbocycles. The van der Waals surface area contributed by atoms with Gasteiger partial charge in [0.05, 0.1) is 6.54 Å². The van der Waals surface area contributed by atoms with Gasteiger partial charge in [0.1, 0.15) is 13.2 Å². The van der Waals surface area contributed by atoms with Crippen LogP contribution in [0.3, 0.4) is 0 Å². The molecule has 7 nitrogen and oxygen atoms in total. The van der Waals surface area contributed by atoms with Crippen molar-refractivity contribution in [3.05, 3.63) is 18.2 Å². The van der Waals surface area contributed by atoms with Gasteiger partial charge in [-0.05, 0) is 38.3 Å². The van der Waals surface area contributed by atoms with Crippen LogP contribution in [0.1, 0.15) is 32.6 Å². The number of carbonyl (C=O) groups excluding carboxylic acids is 2. The van der Waals surface area contributed by atoms with Crippen LogP contribution < -0.4 is 20.5 Å². The van der Waals surface area contributed by atoms with Crippen LogP contribution >= 0.6 is 12.4 Å². The number of carbonyl (C=O) groups is 2. The SMILES string of the molecule is CCN(CC(=O)Nc1ccc2c(c1)OCCO2)C(=O)C1CCCC(N)C1.Cl. The first-order valence-corrected chi connectivity index (χ1v) is 9.30. The quantitative estimate of drug-likeness (QED) is 0.794. The second-order valence-electron chi connectivity index (χ2n) is 6.88. The van der Waals surface area contributed by atoms with E-state index in [0.29, 0.717) is 43.4 Å². The minimum atomic E-state index is -0.225. The van der Waals surface area contributed by atoms with Crippen molar-refractivity contribution in [2.45, 2.75) is 38.6 Å². The van der Waals surface area contributed by atoms with Crippen LogP contribution in [0.25, 0.3) is 0 Å². The summed E-state index contributed by atoms with van der Waals surface area (Å²) in [6.07, 6.45) is 3.50. The molecule has 8 heteroatoms. The van der Waals surface area contributed by atoms with Gasteiger partial charge in [0.25, 0.3) is 0 Å². The smallest absolute Gasteiger partial charge is 0.243 e. The molecule has 0 aromatic heterocycles. The number of hydrogen-bond donors (Lipinski definition) is 2. The van der Waals surface area contributed by atoms with Gasteiger partial charge >= 0.3 is 0 Å². The van der Waals surface area contributed by atoms with Crippen molar-refractivity contribution in [1.29, 1.82) is 0 Å². The Labute approximate surface area is 166 Å². The maximum absolute atomic E-state index is 12.7. The van der Waals surface area contributed by atoms with E-state index in [0.717, 1.165) is 19.3 Å². The summed E-state index contributed by atoms with van der Waals surface area (Å²) in [6, 6.07) is 5.37. The average molecular weight is 398 g/mol. The van der Waals surface area contributed by atoms with E-state index >= 15 is 0 Å². The monoisotopic (exact) mass is 397 g/mol. The highest BCUT2D eigenvalue weighted by molar-refractivity contribution is 5.95. The van der Waals surface area contributed by atoms with Crippen LogP contribution in [0, 0.1) is 5.92 Å². The predicted octanol–water partition coefficient (Wildman–Crippen LogP) is 2.18. The van der Waals surface area contributed by atoms with Gasteiger partial charge in [0, 0.05) is 30.3 Å². The number of nitrogens with one attached hydrogen (secondary N) is 1. The number of nitrogens with two attached hydrogens (primary N) is 1. The van der Waals surface area contributed by atoms with Crippen LogP contribution in [0.5, 0.6) is 11.5 Å². The van der Waals surface area contributed by atoms with Crippen molar-refractivity contribution < 1.29 is 19.1 Å². The third-order valence-corrected chi connectivity index (χ3v) is 4.92. The van der Waals surface area contributed by atoms with Crippen LogP contribution in [-0.4, -0.2) is 49.1 Å². The molecule has 27 heavy (non-hydrogen) atoms. The number of amides is 2. The molecular weight excluding hydrogens is 370 g/mol. The summed E-state index contributed by atoms with van der Waals surface area (Å²) in [7, 11) is 0.